The Morgan fingerprint density at radius 1 is 1.18 bits per heavy atom. The Bertz CT molecular complexity index is 156. The quantitative estimate of drug-likeness (QED) is 0.539. The lowest BCUT2D eigenvalue weighted by Crippen LogP contribution is -2.41. The van der Waals surface area contributed by atoms with Crippen molar-refractivity contribution in [3.05, 3.63) is 0 Å². The van der Waals surface area contributed by atoms with Gasteiger partial charge in [-0.15, -0.1) is 0 Å². The summed E-state index contributed by atoms with van der Waals surface area (Å²) >= 11 is 0. The Morgan fingerprint density at radius 2 is 1.55 bits per heavy atom. The number of alkyl halides is 3. The van der Waals surface area contributed by atoms with Gasteiger partial charge in [0.1, 0.15) is 0 Å². The van der Waals surface area contributed by atoms with Gasteiger partial charge in [0.25, 0.3) is 0 Å². The lowest BCUT2D eigenvalue weighted by Gasteiger charge is -2.17. The van der Waals surface area contributed by atoms with E-state index < -0.39 is 17.6 Å². The van der Waals surface area contributed by atoms with Crippen molar-refractivity contribution in [1.82, 2.24) is 5.32 Å². The van der Waals surface area contributed by atoms with Crippen LogP contribution in [0.5, 0.6) is 0 Å². The molecule has 0 N–H and O–H groups in total. The van der Waals surface area contributed by atoms with Crippen LogP contribution >= 0.6 is 0 Å². The largest absolute Gasteiger partial charge is 0.473 e. The van der Waals surface area contributed by atoms with Crippen LogP contribution in [0.2, 0.25) is 0 Å². The molecule has 0 aliphatic rings. The second-order valence-electron chi connectivity index (χ2n) is 3.09. The molecule has 65 valence electrons. The van der Waals surface area contributed by atoms with Crippen LogP contribution in [0.15, 0.2) is 0 Å². The maximum Gasteiger partial charge on any atom is 0.473 e. The zero-order valence-electron chi connectivity index (χ0n) is 6.49. The van der Waals surface area contributed by atoms with Crippen molar-refractivity contribution in [2.75, 3.05) is 0 Å². The number of carbonyl (C=O) groups is 1. The van der Waals surface area contributed by atoms with Crippen LogP contribution < -0.4 is 5.32 Å². The van der Waals surface area contributed by atoms with Crippen molar-refractivity contribution in [1.29, 1.82) is 0 Å². The fourth-order valence-electron chi connectivity index (χ4n) is 0.368. The van der Waals surface area contributed by atoms with E-state index in [9.17, 15) is 18.0 Å². The molecule has 1 amide bonds. The summed E-state index contributed by atoms with van der Waals surface area (Å²) in [7, 11) is 0. The summed E-state index contributed by atoms with van der Waals surface area (Å²) in [6.45, 7) is 4.28. The number of nitrogens with zero attached hydrogens (tertiary/aromatic N) is 1. The molecular formula is C6H9F3NO. The molecule has 11 heavy (non-hydrogen) atoms. The van der Waals surface area contributed by atoms with Crippen LogP contribution in [-0.2, 0) is 4.79 Å². The molecule has 1 radical (unpaired) electrons. The van der Waals surface area contributed by atoms with Gasteiger partial charge in [-0.2, -0.15) is 13.2 Å². The molecule has 0 bridgehead atoms. The Labute approximate surface area is 62.8 Å². The third-order valence-corrected chi connectivity index (χ3v) is 0.679. The Balaban J connectivity index is 4.11. The summed E-state index contributed by atoms with van der Waals surface area (Å²) in [5.41, 5.74) is -0.966. The van der Waals surface area contributed by atoms with E-state index >= 15 is 0 Å². The Hall–Kier alpha value is -0.740. The van der Waals surface area contributed by atoms with Gasteiger partial charge in [0.05, 0.1) is 5.54 Å². The van der Waals surface area contributed by atoms with E-state index in [0.29, 0.717) is 0 Å². The van der Waals surface area contributed by atoms with E-state index in [1.54, 1.807) is 0 Å². The molecule has 0 aromatic heterocycles. The van der Waals surface area contributed by atoms with Crippen LogP contribution in [0, 0.1) is 0 Å². The Morgan fingerprint density at radius 3 is 1.64 bits per heavy atom. The van der Waals surface area contributed by atoms with Gasteiger partial charge in [0.2, 0.25) is 0 Å². The van der Waals surface area contributed by atoms with Crippen molar-refractivity contribution in [3.8, 4) is 0 Å². The zero-order valence-corrected chi connectivity index (χ0v) is 6.49. The highest BCUT2D eigenvalue weighted by Gasteiger charge is 2.41. The van der Waals surface area contributed by atoms with Gasteiger partial charge < -0.3 is 0 Å². The summed E-state index contributed by atoms with van der Waals surface area (Å²) in [5, 5.41) is 2.92. The number of carbonyl (C=O) groups excluding carboxylic acids is 1. The van der Waals surface area contributed by atoms with Crippen LogP contribution in [-0.4, -0.2) is 17.6 Å². The molecule has 0 rings (SSSR count). The monoisotopic (exact) mass is 168 g/mol. The van der Waals surface area contributed by atoms with Crippen LogP contribution in [0.1, 0.15) is 20.8 Å². The summed E-state index contributed by atoms with van der Waals surface area (Å²) < 4.78 is 34.6. The minimum Gasteiger partial charge on any atom is -0.262 e. The molecular weight excluding hydrogens is 159 g/mol. The highest BCUT2D eigenvalue weighted by molar-refractivity contribution is 5.81. The maximum absolute atomic E-state index is 11.5. The van der Waals surface area contributed by atoms with Gasteiger partial charge in [-0.25, -0.2) is 5.32 Å². The third kappa shape index (κ3) is 4.64. The molecule has 0 saturated heterocycles. The molecule has 0 spiro atoms. The SMILES string of the molecule is CC(C)(C)[N]C(=O)C(F)(F)F. The fraction of sp³-hybridized carbons (Fsp3) is 0.833. The predicted octanol–water partition coefficient (Wildman–Crippen LogP) is 1.48. The van der Waals surface area contributed by atoms with Crippen molar-refractivity contribution in [3.63, 3.8) is 0 Å². The summed E-state index contributed by atoms with van der Waals surface area (Å²) in [6, 6.07) is 0. The molecule has 2 nitrogen and oxygen atoms in total. The molecule has 0 heterocycles. The molecule has 0 aromatic carbocycles. The first-order valence-corrected chi connectivity index (χ1v) is 2.97. The smallest absolute Gasteiger partial charge is 0.262 e. The first-order valence-electron chi connectivity index (χ1n) is 2.97. The molecule has 0 aliphatic heterocycles. The minimum absolute atomic E-state index is 0.966. The molecule has 0 aromatic rings. The topological polar surface area (TPSA) is 31.2 Å². The van der Waals surface area contributed by atoms with Gasteiger partial charge >= 0.3 is 12.1 Å². The lowest BCUT2D eigenvalue weighted by atomic mass is 10.1. The number of hydrogen-bond acceptors (Lipinski definition) is 1. The van der Waals surface area contributed by atoms with E-state index in [0.717, 1.165) is 0 Å². The highest BCUT2D eigenvalue weighted by Crippen LogP contribution is 2.17. The molecule has 5 heteroatoms. The first-order chi connectivity index (χ1) is 4.63. The highest BCUT2D eigenvalue weighted by atomic mass is 19.4. The van der Waals surface area contributed by atoms with Gasteiger partial charge in [-0.05, 0) is 20.8 Å². The second kappa shape index (κ2) is 2.71. The number of halogens is 3. The molecule has 0 fully saturated rings. The van der Waals surface area contributed by atoms with E-state index in [1.165, 1.54) is 20.8 Å². The van der Waals surface area contributed by atoms with Crippen molar-refractivity contribution in [2.45, 2.75) is 32.5 Å². The summed E-state index contributed by atoms with van der Waals surface area (Å²) in [4.78, 5) is 10.2. The summed E-state index contributed by atoms with van der Waals surface area (Å²) in [5.74, 6) is -2.02. The maximum atomic E-state index is 11.5. The molecule has 0 atom stereocenters. The number of rotatable bonds is 0. The standard InChI is InChI=1S/C6H9F3NO/c1-5(2,3)10-4(11)6(7,8)9/h1-3H3. The third-order valence-electron chi connectivity index (χ3n) is 0.679. The Kier molecular flexibility index (Phi) is 2.53. The van der Waals surface area contributed by atoms with Gasteiger partial charge in [-0.1, -0.05) is 0 Å². The zero-order chi connectivity index (χ0) is 9.28. The average molecular weight is 168 g/mol. The first kappa shape index (κ1) is 10.3. The number of amides is 1. The van der Waals surface area contributed by atoms with Crippen molar-refractivity contribution >= 4 is 5.91 Å². The minimum atomic E-state index is -4.84. The van der Waals surface area contributed by atoms with Gasteiger partial charge in [-0.3, -0.25) is 4.79 Å². The second-order valence-corrected chi connectivity index (χ2v) is 3.09. The van der Waals surface area contributed by atoms with Crippen LogP contribution in [0.25, 0.3) is 0 Å². The molecule has 0 unspecified atom stereocenters. The van der Waals surface area contributed by atoms with E-state index in [4.69, 9.17) is 0 Å². The summed E-state index contributed by atoms with van der Waals surface area (Å²) in [6.07, 6.45) is -4.84. The molecule has 0 saturated carbocycles. The van der Waals surface area contributed by atoms with Crippen LogP contribution in [0.4, 0.5) is 13.2 Å². The number of hydrogen-bond donors (Lipinski definition) is 0. The predicted molar refractivity (Wildman–Crippen MR) is 32.9 cm³/mol. The van der Waals surface area contributed by atoms with E-state index in [-0.39, 0.29) is 0 Å². The average Bonchev–Trinajstić information content (AvgIpc) is 1.56. The normalized spacial score (nSPS) is 12.9. The fourth-order valence-corrected chi connectivity index (χ4v) is 0.368. The van der Waals surface area contributed by atoms with E-state index in [1.807, 2.05) is 0 Å². The lowest BCUT2D eigenvalue weighted by molar-refractivity contribution is -0.175. The van der Waals surface area contributed by atoms with Crippen molar-refractivity contribution in [2.24, 2.45) is 0 Å². The van der Waals surface area contributed by atoms with E-state index in [2.05, 4.69) is 5.32 Å². The van der Waals surface area contributed by atoms with Crippen LogP contribution in [0.3, 0.4) is 0 Å². The van der Waals surface area contributed by atoms with Gasteiger partial charge in [0, 0.05) is 0 Å². The van der Waals surface area contributed by atoms with Crippen molar-refractivity contribution < 1.29 is 18.0 Å². The molecule has 0 aliphatic carbocycles. The van der Waals surface area contributed by atoms with Gasteiger partial charge in [0.15, 0.2) is 0 Å².